The van der Waals surface area contributed by atoms with E-state index in [0.29, 0.717) is 11.8 Å². The van der Waals surface area contributed by atoms with Crippen molar-refractivity contribution >= 4 is 5.91 Å². The van der Waals surface area contributed by atoms with E-state index < -0.39 is 0 Å². The molecule has 2 rings (SSSR count). The Morgan fingerprint density at radius 1 is 1.18 bits per heavy atom. The van der Waals surface area contributed by atoms with Crippen molar-refractivity contribution in [2.75, 3.05) is 13.1 Å². The fourth-order valence-corrected chi connectivity index (χ4v) is 3.74. The summed E-state index contributed by atoms with van der Waals surface area (Å²) in [6.45, 7) is 8.10. The van der Waals surface area contributed by atoms with E-state index >= 15 is 0 Å². The fourth-order valence-electron chi connectivity index (χ4n) is 3.74. The first-order valence-corrected chi connectivity index (χ1v) is 7.42. The van der Waals surface area contributed by atoms with Gasteiger partial charge < -0.3 is 4.90 Å². The highest BCUT2D eigenvalue weighted by atomic mass is 16.2. The zero-order chi connectivity index (χ0) is 12.5. The minimum absolute atomic E-state index is 0.00593. The maximum absolute atomic E-state index is 12.5. The molecule has 1 amide bonds. The summed E-state index contributed by atoms with van der Waals surface area (Å²) >= 11 is 0. The monoisotopic (exact) mass is 237 g/mol. The highest BCUT2D eigenvalue weighted by Gasteiger charge is 2.59. The number of rotatable bonds is 4. The molecule has 0 radical (unpaired) electrons. The molecule has 0 unspecified atom stereocenters. The first-order valence-electron chi connectivity index (χ1n) is 7.42. The number of amides is 1. The van der Waals surface area contributed by atoms with Gasteiger partial charge in [0, 0.05) is 18.5 Å². The van der Waals surface area contributed by atoms with Crippen LogP contribution in [0.3, 0.4) is 0 Å². The highest BCUT2D eigenvalue weighted by Crippen LogP contribution is 2.59. The molecule has 0 spiro atoms. The van der Waals surface area contributed by atoms with Crippen molar-refractivity contribution in [1.82, 2.24) is 4.90 Å². The van der Waals surface area contributed by atoms with Crippen molar-refractivity contribution < 1.29 is 4.79 Å². The summed E-state index contributed by atoms with van der Waals surface area (Å²) in [5, 5.41) is 0. The molecule has 0 heterocycles. The Hall–Kier alpha value is -0.530. The molecule has 0 bridgehead atoms. The number of carbonyl (C=O) groups excluding carboxylic acids is 1. The van der Waals surface area contributed by atoms with E-state index in [1.807, 2.05) is 4.90 Å². The highest BCUT2D eigenvalue weighted by molar-refractivity contribution is 5.85. The SMILES string of the molecule is CCN(CC)C(=O)[C@]1(C)C[C@@H]1C1CCCCC1. The van der Waals surface area contributed by atoms with Crippen LogP contribution in [0.25, 0.3) is 0 Å². The Morgan fingerprint density at radius 3 is 2.29 bits per heavy atom. The lowest BCUT2D eigenvalue weighted by molar-refractivity contribution is -0.136. The largest absolute Gasteiger partial charge is 0.343 e. The van der Waals surface area contributed by atoms with Gasteiger partial charge in [-0.25, -0.2) is 0 Å². The molecular weight excluding hydrogens is 210 g/mol. The van der Waals surface area contributed by atoms with Crippen LogP contribution in [-0.2, 0) is 4.79 Å². The quantitative estimate of drug-likeness (QED) is 0.733. The fraction of sp³-hybridized carbons (Fsp3) is 0.933. The van der Waals surface area contributed by atoms with E-state index in [0.717, 1.165) is 25.4 Å². The van der Waals surface area contributed by atoms with Gasteiger partial charge in [-0.1, -0.05) is 39.0 Å². The summed E-state index contributed by atoms with van der Waals surface area (Å²) in [5.74, 6) is 1.95. The van der Waals surface area contributed by atoms with Crippen molar-refractivity contribution in [3.63, 3.8) is 0 Å². The van der Waals surface area contributed by atoms with E-state index in [9.17, 15) is 4.79 Å². The van der Waals surface area contributed by atoms with Gasteiger partial charge in [-0.05, 0) is 32.1 Å². The number of hydrogen-bond acceptors (Lipinski definition) is 1. The molecule has 2 fully saturated rings. The van der Waals surface area contributed by atoms with Crippen molar-refractivity contribution in [2.24, 2.45) is 17.3 Å². The van der Waals surface area contributed by atoms with Crippen LogP contribution in [0, 0.1) is 17.3 Å². The summed E-state index contributed by atoms with van der Waals surface area (Å²) < 4.78 is 0. The summed E-state index contributed by atoms with van der Waals surface area (Å²) in [6, 6.07) is 0. The van der Waals surface area contributed by atoms with E-state index in [-0.39, 0.29) is 5.41 Å². The molecule has 0 aromatic heterocycles. The molecule has 98 valence electrons. The molecule has 2 aliphatic rings. The standard InChI is InChI=1S/C15H27NO/c1-4-16(5-2)14(17)15(3)11-13(15)12-9-7-6-8-10-12/h12-13H,4-11H2,1-3H3/t13-,15-/m1/s1. The summed E-state index contributed by atoms with van der Waals surface area (Å²) in [6.07, 6.45) is 8.06. The molecule has 0 N–H and O–H groups in total. The van der Waals surface area contributed by atoms with Gasteiger partial charge in [-0.15, -0.1) is 0 Å². The van der Waals surface area contributed by atoms with Gasteiger partial charge in [0.15, 0.2) is 0 Å². The van der Waals surface area contributed by atoms with Crippen molar-refractivity contribution in [1.29, 1.82) is 0 Å². The Bertz CT molecular complexity index is 279. The second-order valence-corrected chi connectivity index (χ2v) is 6.10. The molecule has 2 aliphatic carbocycles. The third-order valence-electron chi connectivity index (χ3n) is 5.06. The number of nitrogens with zero attached hydrogens (tertiary/aromatic N) is 1. The van der Waals surface area contributed by atoms with Crippen molar-refractivity contribution in [3.05, 3.63) is 0 Å². The van der Waals surface area contributed by atoms with Crippen LogP contribution >= 0.6 is 0 Å². The van der Waals surface area contributed by atoms with Gasteiger partial charge in [0.2, 0.25) is 5.91 Å². The average molecular weight is 237 g/mol. The minimum Gasteiger partial charge on any atom is -0.343 e. The second kappa shape index (κ2) is 4.99. The number of carbonyl (C=O) groups is 1. The average Bonchev–Trinajstić information content (AvgIpc) is 3.06. The lowest BCUT2D eigenvalue weighted by Crippen LogP contribution is -2.37. The van der Waals surface area contributed by atoms with Gasteiger partial charge in [-0.3, -0.25) is 4.79 Å². The summed E-state index contributed by atoms with van der Waals surface area (Å²) in [4.78, 5) is 14.5. The molecule has 2 heteroatoms. The third kappa shape index (κ3) is 2.36. The van der Waals surface area contributed by atoms with E-state index in [1.54, 1.807) is 0 Å². The van der Waals surface area contributed by atoms with Crippen LogP contribution in [0.4, 0.5) is 0 Å². The smallest absolute Gasteiger partial charge is 0.228 e. The van der Waals surface area contributed by atoms with E-state index in [2.05, 4.69) is 20.8 Å². The predicted octanol–water partition coefficient (Wildman–Crippen LogP) is 3.46. The van der Waals surface area contributed by atoms with Crippen LogP contribution < -0.4 is 0 Å². The van der Waals surface area contributed by atoms with Crippen LogP contribution in [0.2, 0.25) is 0 Å². The first kappa shape index (κ1) is 12.9. The van der Waals surface area contributed by atoms with E-state index in [1.165, 1.54) is 32.1 Å². The maximum atomic E-state index is 12.5. The molecule has 2 nitrogen and oxygen atoms in total. The van der Waals surface area contributed by atoms with Crippen LogP contribution in [0.1, 0.15) is 59.3 Å². The van der Waals surface area contributed by atoms with Crippen LogP contribution in [0.15, 0.2) is 0 Å². The van der Waals surface area contributed by atoms with Crippen molar-refractivity contribution in [3.8, 4) is 0 Å². The van der Waals surface area contributed by atoms with Gasteiger partial charge in [0.1, 0.15) is 0 Å². The van der Waals surface area contributed by atoms with Crippen LogP contribution in [0.5, 0.6) is 0 Å². The Kier molecular flexibility index (Phi) is 3.79. The molecule has 0 aromatic rings. The maximum Gasteiger partial charge on any atom is 0.228 e. The van der Waals surface area contributed by atoms with Gasteiger partial charge in [0.05, 0.1) is 0 Å². The Labute approximate surface area is 106 Å². The lowest BCUT2D eigenvalue weighted by Gasteiger charge is -2.27. The molecule has 0 saturated heterocycles. The lowest BCUT2D eigenvalue weighted by atomic mass is 9.82. The molecule has 0 aliphatic heterocycles. The third-order valence-corrected chi connectivity index (χ3v) is 5.06. The topological polar surface area (TPSA) is 20.3 Å². The van der Waals surface area contributed by atoms with Gasteiger partial charge >= 0.3 is 0 Å². The Morgan fingerprint density at radius 2 is 1.76 bits per heavy atom. The zero-order valence-corrected chi connectivity index (χ0v) is 11.7. The van der Waals surface area contributed by atoms with Crippen molar-refractivity contribution in [2.45, 2.75) is 59.3 Å². The zero-order valence-electron chi connectivity index (χ0n) is 11.7. The normalized spacial score (nSPS) is 33.5. The predicted molar refractivity (Wildman–Crippen MR) is 70.7 cm³/mol. The number of hydrogen-bond donors (Lipinski definition) is 0. The molecular formula is C15H27NO. The Balaban J connectivity index is 1.95. The van der Waals surface area contributed by atoms with E-state index in [4.69, 9.17) is 0 Å². The summed E-state index contributed by atoms with van der Waals surface area (Å²) in [7, 11) is 0. The molecule has 0 aromatic carbocycles. The first-order chi connectivity index (χ1) is 8.13. The summed E-state index contributed by atoms with van der Waals surface area (Å²) in [5.41, 5.74) is -0.00593. The minimum atomic E-state index is -0.00593. The van der Waals surface area contributed by atoms with Crippen LogP contribution in [-0.4, -0.2) is 23.9 Å². The molecule has 17 heavy (non-hydrogen) atoms. The molecule has 2 saturated carbocycles. The molecule has 2 atom stereocenters. The second-order valence-electron chi connectivity index (χ2n) is 6.10. The van der Waals surface area contributed by atoms with Gasteiger partial charge in [-0.2, -0.15) is 0 Å². The van der Waals surface area contributed by atoms with Gasteiger partial charge in [0.25, 0.3) is 0 Å².